The van der Waals surface area contributed by atoms with Crippen molar-refractivity contribution in [3.63, 3.8) is 0 Å². The zero-order chi connectivity index (χ0) is 11.6. The monoisotopic (exact) mass is 225 g/mol. The molecule has 0 heterocycles. The van der Waals surface area contributed by atoms with Gasteiger partial charge in [-0.2, -0.15) is 13.2 Å². The van der Waals surface area contributed by atoms with E-state index in [9.17, 15) is 22.0 Å². The minimum absolute atomic E-state index is 0.771. The van der Waals surface area contributed by atoms with Crippen LogP contribution in [0.2, 0.25) is 0 Å². The first-order chi connectivity index (χ1) is 6.88. The highest BCUT2D eigenvalue weighted by molar-refractivity contribution is 5.25. The fourth-order valence-corrected chi connectivity index (χ4v) is 1.26. The molecule has 1 unspecified atom stereocenters. The van der Waals surface area contributed by atoms with E-state index in [2.05, 4.69) is 0 Å². The van der Waals surface area contributed by atoms with E-state index < -0.39 is 35.8 Å². The van der Waals surface area contributed by atoms with Gasteiger partial charge in [-0.25, -0.2) is 8.78 Å². The van der Waals surface area contributed by atoms with E-state index in [1.807, 2.05) is 0 Å². The highest BCUT2D eigenvalue weighted by Gasteiger charge is 2.42. The third-order valence-corrected chi connectivity index (χ3v) is 1.98. The van der Waals surface area contributed by atoms with Gasteiger partial charge in [-0.15, -0.1) is 0 Å². The van der Waals surface area contributed by atoms with Crippen molar-refractivity contribution in [1.29, 1.82) is 0 Å². The number of benzene rings is 1. The zero-order valence-corrected chi connectivity index (χ0v) is 7.48. The average molecular weight is 225 g/mol. The van der Waals surface area contributed by atoms with Gasteiger partial charge in [0.1, 0.15) is 11.6 Å². The molecule has 0 aliphatic carbocycles. The molecular formula is C9H8F5N. The summed E-state index contributed by atoms with van der Waals surface area (Å²) in [5, 5.41) is 0. The maximum absolute atomic E-state index is 13.0. The fourth-order valence-electron chi connectivity index (χ4n) is 1.26. The quantitative estimate of drug-likeness (QED) is 0.769. The third kappa shape index (κ3) is 2.44. The van der Waals surface area contributed by atoms with Crippen molar-refractivity contribution in [3.8, 4) is 0 Å². The van der Waals surface area contributed by atoms with E-state index >= 15 is 0 Å². The Balaban J connectivity index is 3.24. The number of halogens is 5. The van der Waals surface area contributed by atoms with Crippen LogP contribution in [0.5, 0.6) is 0 Å². The highest BCUT2D eigenvalue weighted by Crippen LogP contribution is 2.36. The smallest absolute Gasteiger partial charge is 0.330 e. The first kappa shape index (κ1) is 11.9. The van der Waals surface area contributed by atoms with Gasteiger partial charge in [0.05, 0.1) is 5.92 Å². The second kappa shape index (κ2) is 4.14. The molecule has 0 fully saturated rings. The maximum Gasteiger partial charge on any atom is 0.397 e. The Bertz CT molecular complexity index is 327. The Morgan fingerprint density at radius 1 is 1.13 bits per heavy atom. The van der Waals surface area contributed by atoms with E-state index in [1.54, 1.807) is 0 Å². The number of rotatable bonds is 2. The van der Waals surface area contributed by atoms with Crippen LogP contribution in [-0.2, 0) is 0 Å². The van der Waals surface area contributed by atoms with Crippen molar-refractivity contribution < 1.29 is 22.0 Å². The Hall–Kier alpha value is -1.17. The Morgan fingerprint density at radius 3 is 1.93 bits per heavy atom. The summed E-state index contributed by atoms with van der Waals surface area (Å²) in [5.74, 6) is -4.77. The zero-order valence-electron chi connectivity index (χ0n) is 7.48. The predicted octanol–water partition coefficient (Wildman–Crippen LogP) is 2.57. The van der Waals surface area contributed by atoms with Gasteiger partial charge >= 0.3 is 6.18 Å². The van der Waals surface area contributed by atoms with Crippen LogP contribution < -0.4 is 5.73 Å². The normalized spacial score (nSPS) is 14.0. The molecule has 0 amide bonds. The van der Waals surface area contributed by atoms with Gasteiger partial charge in [-0.05, 0) is 12.1 Å². The molecule has 1 aromatic rings. The molecule has 1 atom stereocenters. The minimum Gasteiger partial charge on any atom is -0.330 e. The Kier molecular flexibility index (Phi) is 3.28. The Morgan fingerprint density at radius 2 is 1.60 bits per heavy atom. The van der Waals surface area contributed by atoms with Crippen LogP contribution in [0.3, 0.4) is 0 Å². The van der Waals surface area contributed by atoms with E-state index in [0.717, 1.165) is 18.2 Å². The molecule has 84 valence electrons. The lowest BCUT2D eigenvalue weighted by Crippen LogP contribution is -2.29. The first-order valence-corrected chi connectivity index (χ1v) is 4.08. The molecule has 0 aliphatic rings. The molecule has 0 bridgehead atoms. The molecule has 0 saturated carbocycles. The minimum atomic E-state index is -4.75. The maximum atomic E-state index is 13.0. The van der Waals surface area contributed by atoms with E-state index in [4.69, 9.17) is 5.73 Å². The van der Waals surface area contributed by atoms with Crippen LogP contribution >= 0.6 is 0 Å². The van der Waals surface area contributed by atoms with Crippen LogP contribution in [0.15, 0.2) is 18.2 Å². The van der Waals surface area contributed by atoms with Crippen molar-refractivity contribution in [3.05, 3.63) is 35.4 Å². The number of nitrogens with two attached hydrogens (primary N) is 1. The van der Waals surface area contributed by atoms with Crippen molar-refractivity contribution in [2.45, 2.75) is 12.1 Å². The largest absolute Gasteiger partial charge is 0.397 e. The van der Waals surface area contributed by atoms with Crippen LogP contribution in [0.4, 0.5) is 22.0 Å². The molecule has 2 N–H and O–H groups in total. The second-order valence-corrected chi connectivity index (χ2v) is 2.97. The number of hydrogen-bond donors (Lipinski definition) is 1. The lowest BCUT2D eigenvalue weighted by atomic mass is 9.97. The SMILES string of the molecule is NCC(c1c(F)cccc1F)C(F)(F)F. The third-order valence-electron chi connectivity index (χ3n) is 1.98. The summed E-state index contributed by atoms with van der Waals surface area (Å²) in [6, 6.07) is 2.54. The van der Waals surface area contributed by atoms with Crippen LogP contribution in [0, 0.1) is 11.6 Å². The van der Waals surface area contributed by atoms with Crippen LogP contribution in [0.1, 0.15) is 11.5 Å². The summed E-state index contributed by atoms with van der Waals surface area (Å²) in [4.78, 5) is 0. The first-order valence-electron chi connectivity index (χ1n) is 4.08. The van der Waals surface area contributed by atoms with Crippen molar-refractivity contribution in [2.24, 2.45) is 5.73 Å². The molecule has 0 aromatic heterocycles. The molecule has 1 rings (SSSR count). The molecule has 0 radical (unpaired) electrons. The Labute approximate surface area is 82.7 Å². The van der Waals surface area contributed by atoms with Crippen LogP contribution in [0.25, 0.3) is 0 Å². The van der Waals surface area contributed by atoms with Gasteiger partial charge in [0.15, 0.2) is 0 Å². The van der Waals surface area contributed by atoms with Gasteiger partial charge < -0.3 is 5.73 Å². The summed E-state index contributed by atoms with van der Waals surface area (Å²) < 4.78 is 63.1. The molecule has 0 saturated heterocycles. The summed E-state index contributed by atoms with van der Waals surface area (Å²) in [7, 11) is 0. The topological polar surface area (TPSA) is 26.0 Å². The fraction of sp³-hybridized carbons (Fsp3) is 0.333. The summed E-state index contributed by atoms with van der Waals surface area (Å²) >= 11 is 0. The van der Waals surface area contributed by atoms with Gasteiger partial charge in [-0.1, -0.05) is 6.07 Å². The standard InChI is InChI=1S/C9H8F5N/c10-6-2-1-3-7(11)8(6)5(4-15)9(12,13)14/h1-3,5H,4,15H2. The van der Waals surface area contributed by atoms with Crippen molar-refractivity contribution in [2.75, 3.05) is 6.54 Å². The summed E-state index contributed by atoms with van der Waals surface area (Å²) in [6.07, 6.45) is -4.75. The second-order valence-electron chi connectivity index (χ2n) is 2.97. The molecule has 1 nitrogen and oxygen atoms in total. The highest BCUT2D eigenvalue weighted by atomic mass is 19.4. The van der Waals surface area contributed by atoms with Gasteiger partial charge in [0, 0.05) is 12.1 Å². The molecule has 6 heteroatoms. The van der Waals surface area contributed by atoms with E-state index in [-0.39, 0.29) is 0 Å². The lowest BCUT2D eigenvalue weighted by Gasteiger charge is -2.19. The molecule has 1 aromatic carbocycles. The van der Waals surface area contributed by atoms with Crippen molar-refractivity contribution in [1.82, 2.24) is 0 Å². The molecule has 0 aliphatic heterocycles. The number of hydrogen-bond acceptors (Lipinski definition) is 1. The van der Waals surface area contributed by atoms with Gasteiger partial charge in [-0.3, -0.25) is 0 Å². The van der Waals surface area contributed by atoms with E-state index in [1.165, 1.54) is 0 Å². The molecule has 15 heavy (non-hydrogen) atoms. The summed E-state index contributed by atoms with van der Waals surface area (Å²) in [5.41, 5.74) is 3.85. The summed E-state index contributed by atoms with van der Waals surface area (Å²) in [6.45, 7) is -0.888. The molecular weight excluding hydrogens is 217 g/mol. The lowest BCUT2D eigenvalue weighted by molar-refractivity contribution is -0.149. The van der Waals surface area contributed by atoms with Gasteiger partial charge in [0.2, 0.25) is 0 Å². The van der Waals surface area contributed by atoms with Crippen molar-refractivity contribution >= 4 is 0 Å². The van der Waals surface area contributed by atoms with Gasteiger partial charge in [0.25, 0.3) is 0 Å². The molecule has 0 spiro atoms. The van der Waals surface area contributed by atoms with Crippen LogP contribution in [-0.4, -0.2) is 12.7 Å². The average Bonchev–Trinajstić information content (AvgIpc) is 2.09. The van der Waals surface area contributed by atoms with E-state index in [0.29, 0.717) is 0 Å². The predicted molar refractivity (Wildman–Crippen MR) is 44.2 cm³/mol. The number of alkyl halides is 3.